The molecule has 0 unspecified atom stereocenters. The molecule has 23 heavy (non-hydrogen) atoms. The van der Waals surface area contributed by atoms with E-state index in [2.05, 4.69) is 5.32 Å². The van der Waals surface area contributed by atoms with Crippen molar-refractivity contribution in [1.29, 1.82) is 0 Å². The molecular weight excluding hydrogens is 337 g/mol. The Kier molecular flexibility index (Phi) is 6.02. The fourth-order valence-corrected chi connectivity index (χ4v) is 2.39. The molecule has 1 atom stereocenters. The van der Waals surface area contributed by atoms with Crippen LogP contribution in [0.25, 0.3) is 0 Å². The van der Waals surface area contributed by atoms with E-state index in [1.54, 1.807) is 12.1 Å². The zero-order valence-electron chi connectivity index (χ0n) is 12.4. The maximum Gasteiger partial charge on any atom is 0.313 e. The van der Waals surface area contributed by atoms with Crippen molar-refractivity contribution in [2.75, 3.05) is 0 Å². The van der Waals surface area contributed by atoms with E-state index in [1.807, 2.05) is 30.3 Å². The number of benzene rings is 2. The molecule has 0 aliphatic carbocycles. The maximum absolute atomic E-state index is 12.2. The van der Waals surface area contributed by atoms with Gasteiger partial charge in [-0.15, -0.1) is 0 Å². The van der Waals surface area contributed by atoms with Gasteiger partial charge in [0, 0.05) is 18.0 Å². The molecule has 2 aromatic carbocycles. The van der Waals surface area contributed by atoms with Gasteiger partial charge in [0.1, 0.15) is 0 Å². The van der Waals surface area contributed by atoms with E-state index in [4.69, 9.17) is 27.9 Å². The van der Waals surface area contributed by atoms with Gasteiger partial charge in [-0.2, -0.15) is 0 Å². The lowest BCUT2D eigenvalue weighted by molar-refractivity contribution is -0.135. The molecule has 0 aliphatic rings. The van der Waals surface area contributed by atoms with Crippen LogP contribution in [0.3, 0.4) is 0 Å². The number of esters is 1. The van der Waals surface area contributed by atoms with Gasteiger partial charge < -0.3 is 10.1 Å². The fourth-order valence-electron chi connectivity index (χ4n) is 2.07. The van der Waals surface area contributed by atoms with Gasteiger partial charge >= 0.3 is 5.97 Å². The van der Waals surface area contributed by atoms with Crippen LogP contribution in [0.5, 0.6) is 5.75 Å². The predicted octanol–water partition coefficient (Wildman–Crippen LogP) is 4.17. The van der Waals surface area contributed by atoms with Gasteiger partial charge in [0.05, 0.1) is 17.5 Å². The zero-order valence-corrected chi connectivity index (χ0v) is 13.9. The summed E-state index contributed by atoms with van der Waals surface area (Å²) in [7, 11) is 0. The van der Waals surface area contributed by atoms with Crippen molar-refractivity contribution in [3.8, 4) is 5.75 Å². The van der Waals surface area contributed by atoms with E-state index < -0.39 is 12.0 Å². The zero-order chi connectivity index (χ0) is 16.8. The van der Waals surface area contributed by atoms with Gasteiger partial charge in [0.2, 0.25) is 5.91 Å². The molecule has 120 valence electrons. The molecule has 0 saturated carbocycles. The second kappa shape index (κ2) is 7.99. The molecule has 2 aromatic rings. The number of hydrogen-bond acceptors (Lipinski definition) is 3. The van der Waals surface area contributed by atoms with Crippen molar-refractivity contribution in [1.82, 2.24) is 5.32 Å². The third-order valence-corrected chi connectivity index (χ3v) is 3.61. The molecule has 0 aliphatic heterocycles. The number of amides is 1. The van der Waals surface area contributed by atoms with Crippen molar-refractivity contribution in [3.63, 3.8) is 0 Å². The molecule has 2 rings (SSSR count). The minimum Gasteiger partial charge on any atom is -0.425 e. The second-order valence-electron chi connectivity index (χ2n) is 4.92. The number of carbonyl (C=O) groups is 2. The molecule has 6 heteroatoms. The van der Waals surface area contributed by atoms with Gasteiger partial charge in [-0.25, -0.2) is 0 Å². The minimum atomic E-state index is -0.517. The first-order chi connectivity index (χ1) is 11.0. The smallest absolute Gasteiger partial charge is 0.313 e. The Morgan fingerprint density at radius 1 is 1.13 bits per heavy atom. The van der Waals surface area contributed by atoms with Crippen molar-refractivity contribution in [2.45, 2.75) is 19.4 Å². The Labute approximate surface area is 144 Å². The fraction of sp³-hybridized carbons (Fsp3) is 0.176. The Balaban J connectivity index is 2.11. The van der Waals surface area contributed by atoms with Crippen LogP contribution in [0.2, 0.25) is 10.0 Å². The van der Waals surface area contributed by atoms with Crippen LogP contribution < -0.4 is 10.1 Å². The highest BCUT2D eigenvalue weighted by atomic mass is 35.5. The first kappa shape index (κ1) is 17.3. The highest BCUT2D eigenvalue weighted by Crippen LogP contribution is 2.28. The van der Waals surface area contributed by atoms with Crippen LogP contribution in [0, 0.1) is 0 Å². The van der Waals surface area contributed by atoms with Crippen LogP contribution in [0.4, 0.5) is 0 Å². The standard InChI is InChI=1S/C17H15Cl2NO3/c1-11(21)20-15(12-5-3-2-4-6-12)10-17(22)23-16-9-13(18)7-8-14(16)19/h2-9,15H,10H2,1H3,(H,20,21)/t15-/m0/s1. The largest absolute Gasteiger partial charge is 0.425 e. The van der Waals surface area contributed by atoms with E-state index in [0.29, 0.717) is 10.0 Å². The van der Waals surface area contributed by atoms with Crippen LogP contribution in [-0.4, -0.2) is 11.9 Å². The first-order valence-corrected chi connectivity index (χ1v) is 7.69. The SMILES string of the molecule is CC(=O)N[C@@H](CC(=O)Oc1cc(Cl)ccc1Cl)c1ccccc1. The van der Waals surface area contributed by atoms with Gasteiger partial charge in [-0.3, -0.25) is 9.59 Å². The molecular formula is C17H15Cl2NO3. The maximum atomic E-state index is 12.2. The highest BCUT2D eigenvalue weighted by molar-refractivity contribution is 6.34. The van der Waals surface area contributed by atoms with E-state index in [0.717, 1.165) is 5.56 Å². The summed E-state index contributed by atoms with van der Waals surface area (Å²) in [5.74, 6) is -0.553. The number of rotatable bonds is 5. The summed E-state index contributed by atoms with van der Waals surface area (Å²) in [6, 6.07) is 13.3. The Hall–Kier alpha value is -2.04. The van der Waals surface area contributed by atoms with Crippen LogP contribution in [0.15, 0.2) is 48.5 Å². The van der Waals surface area contributed by atoms with Gasteiger partial charge in [0.25, 0.3) is 0 Å². The van der Waals surface area contributed by atoms with Crippen molar-refractivity contribution < 1.29 is 14.3 Å². The topological polar surface area (TPSA) is 55.4 Å². The molecule has 0 heterocycles. The molecule has 0 spiro atoms. The number of halogens is 2. The molecule has 0 fully saturated rings. The summed E-state index contributed by atoms with van der Waals surface area (Å²) in [6.07, 6.45) is -0.0214. The normalized spacial score (nSPS) is 11.6. The first-order valence-electron chi connectivity index (χ1n) is 6.93. The summed E-state index contributed by atoms with van der Waals surface area (Å²) < 4.78 is 5.25. The lowest BCUT2D eigenvalue weighted by Gasteiger charge is -2.17. The third-order valence-electron chi connectivity index (χ3n) is 3.07. The molecule has 0 radical (unpaired) electrons. The second-order valence-corrected chi connectivity index (χ2v) is 5.76. The summed E-state index contributed by atoms with van der Waals surface area (Å²) in [5, 5.41) is 3.45. The third kappa shape index (κ3) is 5.27. The van der Waals surface area contributed by atoms with Crippen molar-refractivity contribution in [3.05, 3.63) is 64.1 Å². The van der Waals surface area contributed by atoms with Crippen LogP contribution >= 0.6 is 23.2 Å². The summed E-state index contributed by atoms with van der Waals surface area (Å²) in [6.45, 7) is 1.40. The Bertz CT molecular complexity index is 704. The Morgan fingerprint density at radius 3 is 2.48 bits per heavy atom. The van der Waals surface area contributed by atoms with E-state index >= 15 is 0 Å². The van der Waals surface area contributed by atoms with E-state index in [-0.39, 0.29) is 18.1 Å². The van der Waals surface area contributed by atoms with Gasteiger partial charge in [0.15, 0.2) is 5.75 Å². The summed E-state index contributed by atoms with van der Waals surface area (Å²) in [4.78, 5) is 23.5. The summed E-state index contributed by atoms with van der Waals surface area (Å²) in [5.41, 5.74) is 0.817. The highest BCUT2D eigenvalue weighted by Gasteiger charge is 2.19. The monoisotopic (exact) mass is 351 g/mol. The van der Waals surface area contributed by atoms with Gasteiger partial charge in [-0.05, 0) is 17.7 Å². The lowest BCUT2D eigenvalue weighted by Crippen LogP contribution is -2.29. The molecule has 1 N–H and O–H groups in total. The number of nitrogens with one attached hydrogen (secondary N) is 1. The minimum absolute atomic E-state index is 0.0214. The average molecular weight is 352 g/mol. The van der Waals surface area contributed by atoms with Crippen LogP contribution in [0.1, 0.15) is 24.9 Å². The molecule has 4 nitrogen and oxygen atoms in total. The molecule has 0 saturated heterocycles. The number of carbonyl (C=O) groups excluding carboxylic acids is 2. The number of hydrogen-bond donors (Lipinski definition) is 1. The molecule has 1 amide bonds. The van der Waals surface area contributed by atoms with Crippen LogP contribution in [-0.2, 0) is 9.59 Å². The van der Waals surface area contributed by atoms with E-state index in [1.165, 1.54) is 13.0 Å². The Morgan fingerprint density at radius 2 is 1.83 bits per heavy atom. The van der Waals surface area contributed by atoms with Crippen molar-refractivity contribution >= 4 is 35.1 Å². The molecule has 0 bridgehead atoms. The average Bonchev–Trinajstić information content (AvgIpc) is 2.51. The number of ether oxygens (including phenoxy) is 1. The summed E-state index contributed by atoms with van der Waals surface area (Å²) >= 11 is 11.8. The lowest BCUT2D eigenvalue weighted by atomic mass is 10.0. The quantitative estimate of drug-likeness (QED) is 0.649. The van der Waals surface area contributed by atoms with E-state index in [9.17, 15) is 9.59 Å². The van der Waals surface area contributed by atoms with Crippen molar-refractivity contribution in [2.24, 2.45) is 0 Å². The predicted molar refractivity (Wildman–Crippen MR) is 89.7 cm³/mol. The van der Waals surface area contributed by atoms with Gasteiger partial charge in [-0.1, -0.05) is 53.5 Å². The molecule has 0 aromatic heterocycles.